The number of carbonyl (C=O) groups excluding carboxylic acids is 1. The van der Waals surface area contributed by atoms with Crippen molar-refractivity contribution in [1.82, 2.24) is 20.1 Å². The molecule has 114 valence electrons. The average molecular weight is 308 g/mol. The summed E-state index contributed by atoms with van der Waals surface area (Å²) in [6, 6.07) is 0. The lowest BCUT2D eigenvalue weighted by Crippen LogP contribution is -2.24. The summed E-state index contributed by atoms with van der Waals surface area (Å²) in [5.41, 5.74) is 1.98. The van der Waals surface area contributed by atoms with E-state index in [-0.39, 0.29) is 11.5 Å². The number of aryl methyl sites for hydroxylation is 2. The van der Waals surface area contributed by atoms with Crippen LogP contribution < -0.4 is 10.9 Å². The molecule has 2 N–H and O–H groups in total. The Morgan fingerprint density at radius 2 is 2.10 bits per heavy atom. The van der Waals surface area contributed by atoms with Gasteiger partial charge in [-0.3, -0.25) is 14.7 Å². The molecule has 0 aliphatic rings. The van der Waals surface area contributed by atoms with Crippen LogP contribution in [0.2, 0.25) is 0 Å². The zero-order chi connectivity index (χ0) is 15.6. The number of H-pyrrole nitrogens is 1. The highest BCUT2D eigenvalue weighted by Crippen LogP contribution is 2.20. The average Bonchev–Trinajstić information content (AvgIpc) is 2.95. The van der Waals surface area contributed by atoms with Gasteiger partial charge in [0.15, 0.2) is 0 Å². The van der Waals surface area contributed by atoms with Gasteiger partial charge >= 0.3 is 0 Å². The van der Waals surface area contributed by atoms with Crippen LogP contribution in [-0.4, -0.2) is 27.2 Å². The first-order valence-electron chi connectivity index (χ1n) is 7.00. The standard InChI is InChI=1S/C14H20N4O2S/c1-5-6-7-15-12(19)11-10(4)16-14(21-11)18-13(20)8(2)9(3)17-18/h17H,5-7H2,1-4H3,(H,15,19). The Hall–Kier alpha value is -1.89. The summed E-state index contributed by atoms with van der Waals surface area (Å²) >= 11 is 1.22. The van der Waals surface area contributed by atoms with E-state index >= 15 is 0 Å². The summed E-state index contributed by atoms with van der Waals surface area (Å²) in [5.74, 6) is -0.127. The van der Waals surface area contributed by atoms with E-state index < -0.39 is 0 Å². The predicted octanol–water partition coefficient (Wildman–Crippen LogP) is 2.08. The molecule has 0 aromatic carbocycles. The van der Waals surface area contributed by atoms with Gasteiger partial charge < -0.3 is 5.32 Å². The molecule has 1 amide bonds. The van der Waals surface area contributed by atoms with Crippen molar-refractivity contribution >= 4 is 17.2 Å². The van der Waals surface area contributed by atoms with Crippen LogP contribution in [0.15, 0.2) is 4.79 Å². The van der Waals surface area contributed by atoms with Crippen LogP contribution in [0.5, 0.6) is 0 Å². The number of thiazole rings is 1. The molecule has 0 saturated heterocycles. The maximum absolute atomic E-state index is 12.1. The van der Waals surface area contributed by atoms with Gasteiger partial charge in [-0.2, -0.15) is 4.68 Å². The van der Waals surface area contributed by atoms with Gasteiger partial charge in [0, 0.05) is 17.8 Å². The molecule has 0 aliphatic carbocycles. The summed E-state index contributed by atoms with van der Waals surface area (Å²) in [6.45, 7) is 8.12. The zero-order valence-electron chi connectivity index (χ0n) is 12.7. The number of unbranched alkanes of at least 4 members (excludes halogenated alkanes) is 1. The van der Waals surface area contributed by atoms with Gasteiger partial charge in [-0.1, -0.05) is 24.7 Å². The Bertz CT molecular complexity index is 711. The van der Waals surface area contributed by atoms with Crippen molar-refractivity contribution < 1.29 is 4.79 Å². The number of aromatic amines is 1. The number of aromatic nitrogens is 3. The van der Waals surface area contributed by atoms with Crippen molar-refractivity contribution in [2.45, 2.75) is 40.5 Å². The monoisotopic (exact) mass is 308 g/mol. The van der Waals surface area contributed by atoms with E-state index in [0.717, 1.165) is 18.5 Å². The molecule has 2 rings (SSSR count). The molecule has 0 spiro atoms. The quantitative estimate of drug-likeness (QED) is 0.830. The van der Waals surface area contributed by atoms with Crippen LogP contribution in [0.1, 0.15) is 46.4 Å². The first-order valence-corrected chi connectivity index (χ1v) is 7.81. The number of nitrogens with one attached hydrogen (secondary N) is 2. The number of carbonyl (C=O) groups is 1. The lowest BCUT2D eigenvalue weighted by molar-refractivity contribution is 0.0956. The minimum Gasteiger partial charge on any atom is -0.351 e. The number of amides is 1. The smallest absolute Gasteiger partial charge is 0.276 e. The third-order valence-electron chi connectivity index (χ3n) is 3.36. The van der Waals surface area contributed by atoms with E-state index in [1.807, 2.05) is 6.92 Å². The van der Waals surface area contributed by atoms with E-state index in [2.05, 4.69) is 22.3 Å². The summed E-state index contributed by atoms with van der Waals surface area (Å²) in [7, 11) is 0. The highest BCUT2D eigenvalue weighted by Gasteiger charge is 2.18. The molecule has 6 nitrogen and oxygen atoms in total. The normalized spacial score (nSPS) is 10.9. The number of rotatable bonds is 5. The van der Waals surface area contributed by atoms with Crippen molar-refractivity contribution in [3.05, 3.63) is 32.2 Å². The van der Waals surface area contributed by atoms with Crippen molar-refractivity contribution in [3.63, 3.8) is 0 Å². The second-order valence-electron chi connectivity index (χ2n) is 5.02. The molecular formula is C14H20N4O2S. The largest absolute Gasteiger partial charge is 0.351 e. The molecule has 2 heterocycles. The van der Waals surface area contributed by atoms with E-state index in [0.29, 0.717) is 27.8 Å². The Kier molecular flexibility index (Phi) is 4.62. The molecule has 2 aromatic heterocycles. The molecular weight excluding hydrogens is 288 g/mol. The van der Waals surface area contributed by atoms with Crippen LogP contribution in [0.3, 0.4) is 0 Å². The summed E-state index contributed by atoms with van der Waals surface area (Å²) in [6.07, 6.45) is 1.98. The topological polar surface area (TPSA) is 79.8 Å². The maximum Gasteiger partial charge on any atom is 0.276 e. The van der Waals surface area contributed by atoms with Crippen LogP contribution in [0.4, 0.5) is 0 Å². The maximum atomic E-state index is 12.1. The molecule has 2 aromatic rings. The van der Waals surface area contributed by atoms with Gasteiger partial charge in [0.2, 0.25) is 5.13 Å². The van der Waals surface area contributed by atoms with Crippen molar-refractivity contribution in [2.75, 3.05) is 6.54 Å². The Morgan fingerprint density at radius 1 is 1.38 bits per heavy atom. The number of hydrogen-bond donors (Lipinski definition) is 2. The molecule has 7 heteroatoms. The lowest BCUT2D eigenvalue weighted by Gasteiger charge is -2.01. The third-order valence-corrected chi connectivity index (χ3v) is 4.51. The minimum atomic E-state index is -0.127. The fraction of sp³-hybridized carbons (Fsp3) is 0.500. The second kappa shape index (κ2) is 6.26. The van der Waals surface area contributed by atoms with Crippen LogP contribution in [-0.2, 0) is 0 Å². The Morgan fingerprint density at radius 3 is 2.67 bits per heavy atom. The SMILES string of the molecule is CCCCNC(=O)c1sc(-n2[nH]c(C)c(C)c2=O)nc1C. The summed E-state index contributed by atoms with van der Waals surface area (Å²) in [4.78, 5) is 29.1. The molecule has 0 aliphatic heterocycles. The van der Waals surface area contributed by atoms with E-state index in [4.69, 9.17) is 0 Å². The van der Waals surface area contributed by atoms with Crippen LogP contribution in [0.25, 0.3) is 5.13 Å². The van der Waals surface area contributed by atoms with E-state index in [1.165, 1.54) is 16.0 Å². The van der Waals surface area contributed by atoms with E-state index in [9.17, 15) is 9.59 Å². The fourth-order valence-electron chi connectivity index (χ4n) is 1.91. The zero-order valence-corrected chi connectivity index (χ0v) is 13.6. The van der Waals surface area contributed by atoms with Crippen LogP contribution in [0, 0.1) is 20.8 Å². The van der Waals surface area contributed by atoms with Crippen molar-refractivity contribution in [2.24, 2.45) is 0 Å². The third kappa shape index (κ3) is 3.07. The van der Waals surface area contributed by atoms with Gasteiger partial charge in [-0.15, -0.1) is 0 Å². The molecule has 0 unspecified atom stereocenters. The molecule has 0 fully saturated rings. The fourth-order valence-corrected chi connectivity index (χ4v) is 2.86. The Balaban J connectivity index is 2.28. The number of nitrogens with zero attached hydrogens (tertiary/aromatic N) is 2. The first-order chi connectivity index (χ1) is 9.95. The first kappa shape index (κ1) is 15.5. The molecule has 0 radical (unpaired) electrons. The van der Waals surface area contributed by atoms with E-state index in [1.54, 1.807) is 13.8 Å². The van der Waals surface area contributed by atoms with Gasteiger partial charge in [-0.25, -0.2) is 4.98 Å². The molecule has 0 saturated carbocycles. The lowest BCUT2D eigenvalue weighted by atomic mass is 10.3. The Labute approximate surface area is 127 Å². The second-order valence-corrected chi connectivity index (χ2v) is 6.00. The predicted molar refractivity (Wildman–Crippen MR) is 83.5 cm³/mol. The van der Waals surface area contributed by atoms with Crippen molar-refractivity contribution in [3.8, 4) is 5.13 Å². The van der Waals surface area contributed by atoms with Crippen LogP contribution >= 0.6 is 11.3 Å². The molecule has 21 heavy (non-hydrogen) atoms. The van der Waals surface area contributed by atoms with Crippen molar-refractivity contribution in [1.29, 1.82) is 0 Å². The molecule has 0 atom stereocenters. The highest BCUT2D eigenvalue weighted by atomic mass is 32.1. The van der Waals surface area contributed by atoms with Gasteiger partial charge in [0.05, 0.1) is 5.69 Å². The molecule has 0 bridgehead atoms. The van der Waals surface area contributed by atoms with Gasteiger partial charge in [0.1, 0.15) is 4.88 Å². The summed E-state index contributed by atoms with van der Waals surface area (Å²) < 4.78 is 1.39. The highest BCUT2D eigenvalue weighted by molar-refractivity contribution is 7.16. The van der Waals surface area contributed by atoms with Gasteiger partial charge in [0.25, 0.3) is 11.5 Å². The number of hydrogen-bond acceptors (Lipinski definition) is 4. The summed E-state index contributed by atoms with van der Waals surface area (Å²) in [5, 5.41) is 6.35. The van der Waals surface area contributed by atoms with Gasteiger partial charge in [-0.05, 0) is 27.2 Å². The minimum absolute atomic E-state index is 0.126.